The molecule has 2 aliphatic rings. The number of hydrogen-bond donors (Lipinski definition) is 0. The van der Waals surface area contributed by atoms with Gasteiger partial charge in [0.1, 0.15) is 6.10 Å². The van der Waals surface area contributed by atoms with Crippen LogP contribution < -0.4 is 0 Å². The molecule has 2 rings (SSSR count). The molecule has 0 N–H and O–H groups in total. The van der Waals surface area contributed by atoms with E-state index >= 15 is 0 Å². The number of rotatable bonds is 0. The summed E-state index contributed by atoms with van der Waals surface area (Å²) in [5.74, 6) is -0.150. The largest absolute Gasteiger partial charge is 0.358 e. The summed E-state index contributed by atoms with van der Waals surface area (Å²) in [5, 5.41) is 0. The number of carbonyl (C=O) groups is 2. The molecule has 3 nitrogen and oxygen atoms in total. The third kappa shape index (κ3) is 1.23. The average molecular weight is 164 g/mol. The van der Waals surface area contributed by atoms with Crippen LogP contribution in [0.15, 0.2) is 24.3 Å². The van der Waals surface area contributed by atoms with E-state index in [1.807, 2.05) is 0 Å². The summed E-state index contributed by atoms with van der Waals surface area (Å²) in [7, 11) is 0. The van der Waals surface area contributed by atoms with E-state index in [1.165, 1.54) is 12.2 Å². The van der Waals surface area contributed by atoms with Gasteiger partial charge in [-0.3, -0.25) is 9.59 Å². The molecule has 0 aromatic rings. The molecule has 0 saturated carbocycles. The van der Waals surface area contributed by atoms with Crippen LogP contribution in [0, 0.1) is 0 Å². The quantitative estimate of drug-likeness (QED) is 0.520. The fraction of sp³-hybridized carbons (Fsp3) is 0.333. The first-order valence-electron chi connectivity index (χ1n) is 3.84. The van der Waals surface area contributed by atoms with Crippen LogP contribution in [0.5, 0.6) is 0 Å². The molecule has 2 aliphatic heterocycles. The van der Waals surface area contributed by atoms with Crippen molar-refractivity contribution in [3.63, 3.8) is 0 Å². The molecule has 0 amide bonds. The van der Waals surface area contributed by atoms with Crippen molar-refractivity contribution in [2.24, 2.45) is 0 Å². The van der Waals surface area contributed by atoms with Gasteiger partial charge in [0.05, 0.1) is 6.10 Å². The normalized spacial score (nSPS) is 33.7. The van der Waals surface area contributed by atoms with Gasteiger partial charge in [0.15, 0.2) is 11.6 Å². The van der Waals surface area contributed by atoms with Gasteiger partial charge in [0, 0.05) is 6.42 Å². The van der Waals surface area contributed by atoms with Gasteiger partial charge in [-0.25, -0.2) is 0 Å². The monoisotopic (exact) mass is 164 g/mol. The molecule has 0 aliphatic carbocycles. The van der Waals surface area contributed by atoms with E-state index in [9.17, 15) is 9.59 Å². The van der Waals surface area contributed by atoms with Gasteiger partial charge >= 0.3 is 0 Å². The lowest BCUT2D eigenvalue weighted by atomic mass is 10.1. The Morgan fingerprint density at radius 3 is 2.83 bits per heavy atom. The van der Waals surface area contributed by atoms with Gasteiger partial charge in [-0.05, 0) is 24.3 Å². The summed E-state index contributed by atoms with van der Waals surface area (Å²) >= 11 is 0. The van der Waals surface area contributed by atoms with Crippen molar-refractivity contribution in [1.82, 2.24) is 0 Å². The first-order chi connectivity index (χ1) is 5.75. The molecule has 2 heterocycles. The Balaban J connectivity index is 2.30. The molecular formula is C9H8O3. The highest BCUT2D eigenvalue weighted by Crippen LogP contribution is 2.17. The number of allylic oxidation sites excluding steroid dienone is 1. The highest BCUT2D eigenvalue weighted by Gasteiger charge is 2.27. The number of carbonyl (C=O) groups excluding carboxylic acids is 2. The molecule has 0 spiro atoms. The number of hydrogen-bond acceptors (Lipinski definition) is 3. The maximum atomic E-state index is 11.1. The SMILES string of the molecule is O=C1C=CC2C=CC(=O)C(C1)O2. The maximum Gasteiger partial charge on any atom is 0.184 e. The Labute approximate surface area is 69.7 Å². The standard InChI is InChI=1S/C9H8O3/c10-6-1-2-7-3-4-8(11)9(5-6)12-7/h1-4,7,9H,5H2. The molecule has 0 saturated heterocycles. The molecule has 2 bridgehead atoms. The third-order valence-corrected chi connectivity index (χ3v) is 1.95. The zero-order chi connectivity index (χ0) is 8.55. The smallest absolute Gasteiger partial charge is 0.184 e. The molecule has 0 radical (unpaired) electrons. The Kier molecular flexibility index (Phi) is 1.66. The van der Waals surface area contributed by atoms with E-state index in [1.54, 1.807) is 12.2 Å². The van der Waals surface area contributed by atoms with Crippen molar-refractivity contribution in [2.45, 2.75) is 18.6 Å². The minimum Gasteiger partial charge on any atom is -0.358 e. The zero-order valence-corrected chi connectivity index (χ0v) is 6.40. The molecule has 62 valence electrons. The molecule has 2 atom stereocenters. The van der Waals surface area contributed by atoms with Crippen molar-refractivity contribution in [2.75, 3.05) is 0 Å². The fourth-order valence-electron chi connectivity index (χ4n) is 1.31. The van der Waals surface area contributed by atoms with E-state index in [0.29, 0.717) is 0 Å². The summed E-state index contributed by atoms with van der Waals surface area (Å²) in [6.07, 6.45) is 5.73. The van der Waals surface area contributed by atoms with Gasteiger partial charge < -0.3 is 4.74 Å². The van der Waals surface area contributed by atoms with Gasteiger partial charge in [0.2, 0.25) is 0 Å². The van der Waals surface area contributed by atoms with E-state index in [4.69, 9.17) is 4.74 Å². The molecule has 12 heavy (non-hydrogen) atoms. The minimum absolute atomic E-state index is 0.0421. The lowest BCUT2D eigenvalue weighted by molar-refractivity contribution is -0.132. The molecule has 0 aromatic heterocycles. The summed E-state index contributed by atoms with van der Waals surface area (Å²) in [5.41, 5.74) is 0. The minimum atomic E-state index is -0.553. The highest BCUT2D eigenvalue weighted by molar-refractivity contribution is 6.00. The Bertz CT molecular complexity index is 288. The van der Waals surface area contributed by atoms with E-state index in [-0.39, 0.29) is 24.1 Å². The summed E-state index contributed by atoms with van der Waals surface area (Å²) in [6.45, 7) is 0. The van der Waals surface area contributed by atoms with Crippen molar-refractivity contribution < 1.29 is 14.3 Å². The third-order valence-electron chi connectivity index (χ3n) is 1.95. The molecule has 0 aromatic carbocycles. The second kappa shape index (κ2) is 2.68. The predicted molar refractivity (Wildman–Crippen MR) is 41.6 cm³/mol. The van der Waals surface area contributed by atoms with Crippen LogP contribution in [0.25, 0.3) is 0 Å². The molecule has 3 heteroatoms. The lowest BCUT2D eigenvalue weighted by Crippen LogP contribution is -2.30. The molecular weight excluding hydrogens is 156 g/mol. The van der Waals surface area contributed by atoms with Gasteiger partial charge in [-0.1, -0.05) is 0 Å². The Morgan fingerprint density at radius 1 is 1.25 bits per heavy atom. The Hall–Kier alpha value is -1.22. The highest BCUT2D eigenvalue weighted by atomic mass is 16.5. The van der Waals surface area contributed by atoms with Crippen LogP contribution in [0.4, 0.5) is 0 Å². The average Bonchev–Trinajstić information content (AvgIpc) is 2.20. The van der Waals surface area contributed by atoms with Gasteiger partial charge in [-0.2, -0.15) is 0 Å². The van der Waals surface area contributed by atoms with Crippen molar-refractivity contribution >= 4 is 11.6 Å². The van der Waals surface area contributed by atoms with E-state index in [0.717, 1.165) is 0 Å². The molecule has 2 unspecified atom stereocenters. The zero-order valence-electron chi connectivity index (χ0n) is 6.40. The van der Waals surface area contributed by atoms with Crippen molar-refractivity contribution in [3.05, 3.63) is 24.3 Å². The van der Waals surface area contributed by atoms with Crippen LogP contribution in [0.1, 0.15) is 6.42 Å². The molecule has 0 fully saturated rings. The maximum absolute atomic E-state index is 11.1. The van der Waals surface area contributed by atoms with E-state index < -0.39 is 6.10 Å². The van der Waals surface area contributed by atoms with Gasteiger partial charge in [0.25, 0.3) is 0 Å². The van der Waals surface area contributed by atoms with E-state index in [2.05, 4.69) is 0 Å². The number of ketones is 2. The van der Waals surface area contributed by atoms with Crippen LogP contribution in [0.2, 0.25) is 0 Å². The van der Waals surface area contributed by atoms with Crippen LogP contribution in [-0.4, -0.2) is 23.8 Å². The van der Waals surface area contributed by atoms with Gasteiger partial charge in [-0.15, -0.1) is 0 Å². The summed E-state index contributed by atoms with van der Waals surface area (Å²) in [6, 6.07) is 0. The predicted octanol–water partition coefficient (Wildman–Crippen LogP) is 0.408. The first kappa shape index (κ1) is 7.43. The fourth-order valence-corrected chi connectivity index (χ4v) is 1.31. The van der Waals surface area contributed by atoms with Crippen LogP contribution in [0.3, 0.4) is 0 Å². The second-order valence-corrected chi connectivity index (χ2v) is 2.88. The second-order valence-electron chi connectivity index (χ2n) is 2.88. The number of fused-ring (bicyclic) bond motifs is 2. The summed E-state index contributed by atoms with van der Waals surface area (Å²) < 4.78 is 5.29. The lowest BCUT2D eigenvalue weighted by Gasteiger charge is -2.19. The van der Waals surface area contributed by atoms with Crippen molar-refractivity contribution in [1.29, 1.82) is 0 Å². The van der Waals surface area contributed by atoms with Crippen LogP contribution >= 0.6 is 0 Å². The summed E-state index contributed by atoms with van der Waals surface area (Å²) in [4.78, 5) is 22.1. The van der Waals surface area contributed by atoms with Crippen LogP contribution in [-0.2, 0) is 14.3 Å². The topological polar surface area (TPSA) is 43.4 Å². The Morgan fingerprint density at radius 2 is 2.00 bits per heavy atom. The number of ether oxygens (including phenoxy) is 1. The first-order valence-corrected chi connectivity index (χ1v) is 3.84. The van der Waals surface area contributed by atoms with Crippen molar-refractivity contribution in [3.8, 4) is 0 Å².